The second-order valence-corrected chi connectivity index (χ2v) is 9.28. The number of aryl methyl sites for hydroxylation is 1. The molecule has 0 heterocycles. The maximum atomic E-state index is 13.1. The van der Waals surface area contributed by atoms with Gasteiger partial charge in [-0.3, -0.25) is 9.52 Å². The highest BCUT2D eigenvalue weighted by Crippen LogP contribution is 2.28. The number of benzene rings is 2. The molecule has 0 atom stereocenters. The Bertz CT molecular complexity index is 1020. The van der Waals surface area contributed by atoms with Crippen molar-refractivity contribution in [3.63, 3.8) is 0 Å². The number of amides is 1. The Kier molecular flexibility index (Phi) is 6.69. The minimum absolute atomic E-state index is 0.0182. The lowest BCUT2D eigenvalue weighted by Gasteiger charge is -2.21. The molecule has 2 N–H and O–H groups in total. The molecular weight excluding hydrogens is 392 g/mol. The molecule has 0 aliphatic rings. The van der Waals surface area contributed by atoms with E-state index >= 15 is 0 Å². The lowest BCUT2D eigenvalue weighted by atomic mass is 9.87. The Morgan fingerprint density at radius 2 is 1.72 bits per heavy atom. The molecule has 29 heavy (non-hydrogen) atoms. The molecule has 0 aromatic heterocycles. The van der Waals surface area contributed by atoms with Gasteiger partial charge in [-0.25, -0.2) is 13.2 Å². The normalized spacial score (nSPS) is 11.6. The first-order valence-electron chi connectivity index (χ1n) is 9.06. The Labute approximate surface area is 171 Å². The van der Waals surface area contributed by atoms with Crippen molar-refractivity contribution in [2.24, 2.45) is 0 Å². The second-order valence-electron chi connectivity index (χ2n) is 7.63. The molecule has 8 heteroatoms. The molecule has 0 radical (unpaired) electrons. The third-order valence-corrected chi connectivity index (χ3v) is 5.86. The van der Waals surface area contributed by atoms with E-state index in [2.05, 4.69) is 10.0 Å². The number of rotatable bonds is 6. The zero-order valence-corrected chi connectivity index (χ0v) is 18.0. The Morgan fingerprint density at radius 1 is 1.07 bits per heavy atom. The molecule has 0 aliphatic carbocycles. The van der Waals surface area contributed by atoms with Crippen molar-refractivity contribution in [1.29, 1.82) is 0 Å². The number of likely N-dealkylation sites (N-methyl/N-ethyl adjacent to an activating group) is 1. The van der Waals surface area contributed by atoms with E-state index in [0.29, 0.717) is 5.56 Å². The fourth-order valence-electron chi connectivity index (χ4n) is 2.59. The summed E-state index contributed by atoms with van der Waals surface area (Å²) < 4.78 is 33.5. The molecule has 0 saturated carbocycles. The highest BCUT2D eigenvalue weighted by Gasteiger charge is 2.24. The van der Waals surface area contributed by atoms with Gasteiger partial charge in [-0.15, -0.1) is 0 Å². The van der Waals surface area contributed by atoms with Gasteiger partial charge in [0.2, 0.25) is 0 Å². The van der Waals surface area contributed by atoms with E-state index in [1.165, 1.54) is 19.2 Å². The van der Waals surface area contributed by atoms with Crippen molar-refractivity contribution in [3.8, 4) is 0 Å². The predicted octanol–water partition coefficient (Wildman–Crippen LogP) is 3.00. The maximum Gasteiger partial charge on any atom is 0.340 e. The molecule has 0 aliphatic heterocycles. The standard InChI is InChI=1S/C21H26N2O5S/c1-14-10-11-15(21(2,3)4)12-18(14)29(26,27)23-17-9-7-6-8-16(17)20(25)28-13-19(24)22-5/h6-12,23H,13H2,1-5H3,(H,22,24). The monoisotopic (exact) mass is 418 g/mol. The predicted molar refractivity (Wildman–Crippen MR) is 111 cm³/mol. The molecule has 2 rings (SSSR count). The number of para-hydroxylation sites is 1. The molecule has 2 aromatic carbocycles. The second kappa shape index (κ2) is 8.65. The molecule has 0 unspecified atom stereocenters. The highest BCUT2D eigenvalue weighted by atomic mass is 32.2. The lowest BCUT2D eigenvalue weighted by Crippen LogP contribution is -2.25. The number of ether oxygens (including phenoxy) is 1. The van der Waals surface area contributed by atoms with Crippen molar-refractivity contribution in [2.45, 2.75) is 38.0 Å². The highest BCUT2D eigenvalue weighted by molar-refractivity contribution is 7.92. The van der Waals surface area contributed by atoms with Crippen molar-refractivity contribution < 1.29 is 22.7 Å². The van der Waals surface area contributed by atoms with Gasteiger partial charge in [-0.1, -0.05) is 45.0 Å². The topological polar surface area (TPSA) is 102 Å². The van der Waals surface area contributed by atoms with Crippen LogP contribution in [0.1, 0.15) is 42.3 Å². The molecule has 2 aromatic rings. The number of hydrogen-bond donors (Lipinski definition) is 2. The van der Waals surface area contributed by atoms with Crippen molar-refractivity contribution in [3.05, 3.63) is 59.2 Å². The van der Waals surface area contributed by atoms with Crippen LogP contribution in [0.3, 0.4) is 0 Å². The van der Waals surface area contributed by atoms with Gasteiger partial charge in [0.25, 0.3) is 15.9 Å². The van der Waals surface area contributed by atoms with Gasteiger partial charge in [0.05, 0.1) is 16.1 Å². The smallest absolute Gasteiger partial charge is 0.340 e. The zero-order chi connectivity index (χ0) is 21.8. The quantitative estimate of drug-likeness (QED) is 0.702. The van der Waals surface area contributed by atoms with Crippen molar-refractivity contribution >= 4 is 27.6 Å². The van der Waals surface area contributed by atoms with E-state index in [-0.39, 0.29) is 21.6 Å². The number of anilines is 1. The lowest BCUT2D eigenvalue weighted by molar-refractivity contribution is -0.123. The summed E-state index contributed by atoms with van der Waals surface area (Å²) >= 11 is 0. The van der Waals surface area contributed by atoms with Crippen LogP contribution >= 0.6 is 0 Å². The summed E-state index contributed by atoms with van der Waals surface area (Å²) in [6.07, 6.45) is 0. The maximum absolute atomic E-state index is 13.1. The largest absolute Gasteiger partial charge is 0.452 e. The summed E-state index contributed by atoms with van der Waals surface area (Å²) in [5.74, 6) is -1.27. The van der Waals surface area contributed by atoms with Crippen LogP contribution in [0.2, 0.25) is 0 Å². The van der Waals surface area contributed by atoms with Gasteiger partial charge < -0.3 is 10.1 Å². The first-order chi connectivity index (χ1) is 13.5. The average molecular weight is 419 g/mol. The third-order valence-electron chi connectivity index (χ3n) is 4.35. The molecule has 156 valence electrons. The van der Waals surface area contributed by atoms with Crippen LogP contribution < -0.4 is 10.0 Å². The summed E-state index contributed by atoms with van der Waals surface area (Å²) in [6.45, 7) is 7.26. The fourth-order valence-corrected chi connectivity index (χ4v) is 3.94. The summed E-state index contributed by atoms with van der Waals surface area (Å²) in [5.41, 5.74) is 1.34. The van der Waals surface area contributed by atoms with Crippen LogP contribution in [-0.2, 0) is 25.0 Å². The van der Waals surface area contributed by atoms with E-state index in [0.717, 1.165) is 5.56 Å². The van der Waals surface area contributed by atoms with E-state index in [1.807, 2.05) is 26.8 Å². The van der Waals surface area contributed by atoms with Crippen LogP contribution in [-0.4, -0.2) is 33.9 Å². The SMILES string of the molecule is CNC(=O)COC(=O)c1ccccc1NS(=O)(=O)c1cc(C(C)(C)C)ccc1C. The molecule has 0 saturated heterocycles. The van der Waals surface area contributed by atoms with Crippen LogP contribution in [0.25, 0.3) is 0 Å². The summed E-state index contributed by atoms with van der Waals surface area (Å²) in [5, 5.41) is 2.34. The summed E-state index contributed by atoms with van der Waals surface area (Å²) in [6, 6.07) is 11.4. The van der Waals surface area contributed by atoms with Crippen molar-refractivity contribution in [1.82, 2.24) is 5.32 Å². The number of esters is 1. The number of hydrogen-bond acceptors (Lipinski definition) is 5. The molecule has 0 fully saturated rings. The first kappa shape index (κ1) is 22.4. The number of carbonyl (C=O) groups is 2. The minimum atomic E-state index is -3.96. The van der Waals surface area contributed by atoms with E-state index in [1.54, 1.807) is 31.2 Å². The van der Waals surface area contributed by atoms with Gasteiger partial charge in [0.15, 0.2) is 6.61 Å². The van der Waals surface area contributed by atoms with Crippen LogP contribution in [0.5, 0.6) is 0 Å². The fraction of sp³-hybridized carbons (Fsp3) is 0.333. The first-order valence-corrected chi connectivity index (χ1v) is 10.5. The third kappa shape index (κ3) is 5.57. The van der Waals surface area contributed by atoms with Gasteiger partial charge in [0, 0.05) is 7.05 Å². The van der Waals surface area contributed by atoms with E-state index in [4.69, 9.17) is 4.74 Å². The number of carbonyl (C=O) groups excluding carboxylic acids is 2. The molecule has 1 amide bonds. The van der Waals surface area contributed by atoms with Gasteiger partial charge >= 0.3 is 5.97 Å². The molecule has 0 spiro atoms. The Balaban J connectivity index is 2.37. The van der Waals surface area contributed by atoms with Crippen molar-refractivity contribution in [2.75, 3.05) is 18.4 Å². The van der Waals surface area contributed by atoms with Gasteiger partial charge in [-0.2, -0.15) is 0 Å². The Hall–Kier alpha value is -2.87. The van der Waals surface area contributed by atoms with Crippen LogP contribution in [0.4, 0.5) is 5.69 Å². The van der Waals surface area contributed by atoms with Crippen LogP contribution in [0.15, 0.2) is 47.4 Å². The van der Waals surface area contributed by atoms with Gasteiger partial charge in [0.1, 0.15) is 0 Å². The zero-order valence-electron chi connectivity index (χ0n) is 17.2. The van der Waals surface area contributed by atoms with E-state index in [9.17, 15) is 18.0 Å². The minimum Gasteiger partial charge on any atom is -0.452 e. The number of nitrogens with one attached hydrogen (secondary N) is 2. The summed E-state index contributed by atoms with van der Waals surface area (Å²) in [7, 11) is -2.53. The average Bonchev–Trinajstić information content (AvgIpc) is 2.65. The van der Waals surface area contributed by atoms with Crippen LogP contribution in [0, 0.1) is 6.92 Å². The molecule has 0 bridgehead atoms. The molecular formula is C21H26N2O5S. The Morgan fingerprint density at radius 3 is 2.34 bits per heavy atom. The summed E-state index contributed by atoms with van der Waals surface area (Å²) in [4.78, 5) is 23.8. The number of sulfonamides is 1. The van der Waals surface area contributed by atoms with E-state index < -0.39 is 28.5 Å². The molecule has 7 nitrogen and oxygen atoms in total. The van der Waals surface area contributed by atoms with Gasteiger partial charge in [-0.05, 0) is 41.7 Å².